The summed E-state index contributed by atoms with van der Waals surface area (Å²) >= 11 is 0. The zero-order chi connectivity index (χ0) is 39.2. The molecule has 2 saturated carbocycles. The number of halogens is 3. The van der Waals surface area contributed by atoms with Gasteiger partial charge in [0.05, 0.1) is 23.5 Å². The van der Waals surface area contributed by atoms with Crippen molar-refractivity contribution in [3.8, 4) is 0 Å². The van der Waals surface area contributed by atoms with Gasteiger partial charge in [0, 0.05) is 44.4 Å². The van der Waals surface area contributed by atoms with Crippen LogP contribution in [0.15, 0.2) is 18.2 Å². The Bertz CT molecular complexity index is 1410. The average molecular weight is 752 g/mol. The molecule has 5 rings (SSSR count). The Hall–Kier alpha value is -2.86. The summed E-state index contributed by atoms with van der Waals surface area (Å²) in [4.78, 5) is 39.7. The number of hydrogen-bond donors (Lipinski definition) is 2. The molecule has 1 aromatic rings. The molecule has 2 amide bonds. The van der Waals surface area contributed by atoms with Gasteiger partial charge in [0.15, 0.2) is 0 Å². The number of methoxy groups -OCH3 is 1. The molecule has 0 bridgehead atoms. The van der Waals surface area contributed by atoms with Crippen molar-refractivity contribution in [3.05, 3.63) is 34.9 Å². The minimum Gasteiger partial charge on any atom is -0.469 e. The van der Waals surface area contributed by atoms with Crippen molar-refractivity contribution in [2.75, 3.05) is 26.9 Å². The van der Waals surface area contributed by atoms with E-state index in [-0.39, 0.29) is 24.5 Å². The fraction of sp³-hybridized carbons (Fsp3) is 0.780. The molecule has 2 heterocycles. The van der Waals surface area contributed by atoms with E-state index >= 15 is 0 Å². The zero-order valence-corrected chi connectivity index (χ0v) is 33.3. The summed E-state index contributed by atoms with van der Waals surface area (Å²) in [6, 6.07) is 4.69. The van der Waals surface area contributed by atoms with Crippen molar-refractivity contribution < 1.29 is 41.8 Å². The molecule has 2 aliphatic carbocycles. The molecule has 0 spiro atoms. The van der Waals surface area contributed by atoms with Gasteiger partial charge in [-0.15, -0.1) is 0 Å². The molecule has 300 valence electrons. The van der Waals surface area contributed by atoms with Gasteiger partial charge < -0.3 is 29.7 Å². The molecule has 4 aliphatic rings. The number of alkyl halides is 3. The fourth-order valence-electron chi connectivity index (χ4n) is 9.13. The van der Waals surface area contributed by atoms with Gasteiger partial charge in [-0.05, 0) is 126 Å². The maximum absolute atomic E-state index is 13.8. The molecule has 1 saturated heterocycles. The Morgan fingerprint density at radius 1 is 0.887 bits per heavy atom. The van der Waals surface area contributed by atoms with Gasteiger partial charge in [-0.3, -0.25) is 9.59 Å². The number of amides is 2. The summed E-state index contributed by atoms with van der Waals surface area (Å²) < 4.78 is 55.3. The number of carbonyl (C=O) groups excluding carboxylic acids is 3. The molecule has 2 aliphatic heterocycles. The second-order valence-corrected chi connectivity index (χ2v) is 17.8. The van der Waals surface area contributed by atoms with Crippen LogP contribution in [0.1, 0.15) is 129 Å². The molecule has 53 heavy (non-hydrogen) atoms. The van der Waals surface area contributed by atoms with Crippen molar-refractivity contribution in [3.63, 3.8) is 0 Å². The largest absolute Gasteiger partial charge is 0.469 e. The Kier molecular flexibility index (Phi) is 14.3. The zero-order valence-electron chi connectivity index (χ0n) is 33.3. The lowest BCUT2D eigenvalue weighted by Crippen LogP contribution is -2.47. The van der Waals surface area contributed by atoms with E-state index in [1.807, 2.05) is 25.7 Å². The van der Waals surface area contributed by atoms with Gasteiger partial charge in [0.1, 0.15) is 5.60 Å². The molecule has 0 unspecified atom stereocenters. The first-order valence-electron chi connectivity index (χ1n) is 19.6. The molecular formula is C41H64F3N3O6. The standard InChI is InChI=1S/C25H35F3N2O2.C16H29NO4/c1-17(2)14-24(9-5-22(15-24)29-21-7-11-32-12-8-21)23(31)30-10-6-18-3-4-20(25(26,27)28)13-19(18)16-30;1-11(2)9-16(13(18)20-6)8-7-12(10-16)17-14(19)21-15(3,4)5/h3-4,13,17,21-22,29H,5-12,14-16H2,1-2H3;11-12H,7-10H2,1-6H3,(H,17,19)/t22-,24-;12-,16-/m11/s1. The third kappa shape index (κ3) is 11.8. The predicted octanol–water partition coefficient (Wildman–Crippen LogP) is 8.21. The highest BCUT2D eigenvalue weighted by molar-refractivity contribution is 5.83. The Morgan fingerprint density at radius 3 is 2.09 bits per heavy atom. The van der Waals surface area contributed by atoms with E-state index in [1.165, 1.54) is 13.2 Å². The first kappa shape index (κ1) is 42.9. The maximum Gasteiger partial charge on any atom is 0.416 e. The van der Waals surface area contributed by atoms with Gasteiger partial charge in [0.25, 0.3) is 0 Å². The van der Waals surface area contributed by atoms with E-state index in [4.69, 9.17) is 14.2 Å². The first-order valence-corrected chi connectivity index (χ1v) is 19.6. The number of benzene rings is 1. The van der Waals surface area contributed by atoms with Crippen LogP contribution >= 0.6 is 0 Å². The molecule has 3 fully saturated rings. The number of hydrogen-bond acceptors (Lipinski definition) is 7. The molecular weight excluding hydrogens is 687 g/mol. The van der Waals surface area contributed by atoms with Gasteiger partial charge in [-0.1, -0.05) is 33.8 Å². The molecule has 12 heteroatoms. The summed E-state index contributed by atoms with van der Waals surface area (Å²) in [5.74, 6) is 0.759. The van der Waals surface area contributed by atoms with Crippen molar-refractivity contribution in [1.29, 1.82) is 0 Å². The average Bonchev–Trinajstić information content (AvgIpc) is 3.66. The lowest BCUT2D eigenvalue weighted by molar-refractivity contribution is -0.153. The van der Waals surface area contributed by atoms with Crippen molar-refractivity contribution in [2.45, 2.75) is 156 Å². The number of esters is 1. The van der Waals surface area contributed by atoms with Gasteiger partial charge >= 0.3 is 18.2 Å². The van der Waals surface area contributed by atoms with E-state index in [9.17, 15) is 27.6 Å². The van der Waals surface area contributed by atoms with Crippen LogP contribution in [-0.2, 0) is 42.9 Å². The van der Waals surface area contributed by atoms with Crippen molar-refractivity contribution in [1.82, 2.24) is 15.5 Å². The van der Waals surface area contributed by atoms with E-state index in [0.29, 0.717) is 48.9 Å². The van der Waals surface area contributed by atoms with Crippen molar-refractivity contribution in [2.24, 2.45) is 22.7 Å². The summed E-state index contributed by atoms with van der Waals surface area (Å²) in [5, 5.41) is 6.64. The highest BCUT2D eigenvalue weighted by Gasteiger charge is 2.49. The first-order chi connectivity index (χ1) is 24.7. The SMILES string of the molecule is CC(C)C[C@]1(C(=O)N2CCc3ccc(C(F)(F)F)cc3C2)CC[C@@H](NC2CCOCC2)C1.COC(=O)[C@@]1(CC(C)C)CC[C@@H](NC(=O)OC(C)(C)C)C1. The monoisotopic (exact) mass is 751 g/mol. The van der Waals surface area contributed by atoms with Crippen LogP contribution in [0.4, 0.5) is 18.0 Å². The number of fused-ring (bicyclic) bond motifs is 1. The van der Waals surface area contributed by atoms with E-state index in [1.54, 1.807) is 6.07 Å². The second-order valence-electron chi connectivity index (χ2n) is 17.8. The topological polar surface area (TPSA) is 106 Å². The number of ether oxygens (including phenoxy) is 3. The van der Waals surface area contributed by atoms with E-state index < -0.39 is 34.3 Å². The Morgan fingerprint density at radius 2 is 1.49 bits per heavy atom. The van der Waals surface area contributed by atoms with Crippen LogP contribution in [0.3, 0.4) is 0 Å². The number of nitrogens with zero attached hydrogens (tertiary/aromatic N) is 1. The summed E-state index contributed by atoms with van der Waals surface area (Å²) in [6.45, 7) is 16.4. The Balaban J connectivity index is 0.000000260. The van der Waals surface area contributed by atoms with Crippen LogP contribution in [0, 0.1) is 22.7 Å². The molecule has 0 aromatic heterocycles. The lowest BCUT2D eigenvalue weighted by Gasteiger charge is -2.38. The summed E-state index contributed by atoms with van der Waals surface area (Å²) in [6.07, 6.45) is 4.22. The van der Waals surface area contributed by atoms with Gasteiger partial charge in [-0.25, -0.2) is 4.79 Å². The highest BCUT2D eigenvalue weighted by atomic mass is 19.4. The minimum atomic E-state index is -4.37. The van der Waals surface area contributed by atoms with Crippen LogP contribution < -0.4 is 10.6 Å². The molecule has 0 radical (unpaired) electrons. The number of alkyl carbamates (subject to hydrolysis) is 1. The predicted molar refractivity (Wildman–Crippen MR) is 198 cm³/mol. The molecule has 1 aromatic carbocycles. The molecule has 2 N–H and O–H groups in total. The minimum absolute atomic E-state index is 0.0299. The smallest absolute Gasteiger partial charge is 0.416 e. The van der Waals surface area contributed by atoms with Gasteiger partial charge in [0.2, 0.25) is 5.91 Å². The fourth-order valence-corrected chi connectivity index (χ4v) is 9.13. The van der Waals surface area contributed by atoms with E-state index in [2.05, 4.69) is 38.3 Å². The van der Waals surface area contributed by atoms with Gasteiger partial charge in [-0.2, -0.15) is 13.2 Å². The highest BCUT2D eigenvalue weighted by Crippen LogP contribution is 2.47. The van der Waals surface area contributed by atoms with E-state index in [0.717, 1.165) is 82.6 Å². The van der Waals surface area contributed by atoms with Crippen molar-refractivity contribution >= 4 is 18.0 Å². The summed E-state index contributed by atoms with van der Waals surface area (Å²) in [5.41, 5.74) is -0.484. The summed E-state index contributed by atoms with van der Waals surface area (Å²) in [7, 11) is 1.43. The third-order valence-corrected chi connectivity index (χ3v) is 11.1. The Labute approximate surface area is 314 Å². The second kappa shape index (κ2) is 17.7. The lowest BCUT2D eigenvalue weighted by atomic mass is 9.76. The molecule has 4 atom stereocenters. The van der Waals surface area contributed by atoms with Crippen LogP contribution in [0.2, 0.25) is 0 Å². The third-order valence-electron chi connectivity index (χ3n) is 11.1. The maximum atomic E-state index is 13.8. The quantitative estimate of drug-likeness (QED) is 0.245. The van der Waals surface area contributed by atoms with Crippen LogP contribution in [0.5, 0.6) is 0 Å². The number of carbonyl (C=O) groups is 3. The normalized spacial score (nSPS) is 26.5. The van der Waals surface area contributed by atoms with Crippen LogP contribution in [0.25, 0.3) is 0 Å². The number of rotatable bonds is 9. The van der Waals surface area contributed by atoms with Crippen LogP contribution in [-0.4, -0.2) is 73.5 Å². The molecule has 9 nitrogen and oxygen atoms in total. The number of nitrogens with one attached hydrogen (secondary N) is 2.